The lowest BCUT2D eigenvalue weighted by atomic mass is 10.1. The van der Waals surface area contributed by atoms with Gasteiger partial charge in [-0.3, -0.25) is 0 Å². The first-order chi connectivity index (χ1) is 8.75. The molecule has 0 fully saturated rings. The van der Waals surface area contributed by atoms with Crippen LogP contribution in [-0.4, -0.2) is 13.2 Å². The Morgan fingerprint density at radius 1 is 1.17 bits per heavy atom. The van der Waals surface area contributed by atoms with Gasteiger partial charge in [-0.1, -0.05) is 6.07 Å². The number of fused-ring (bicyclic) bond motifs is 1. The Morgan fingerprint density at radius 2 is 1.94 bits per heavy atom. The molecule has 0 aliphatic carbocycles. The molecule has 3 nitrogen and oxygen atoms in total. The van der Waals surface area contributed by atoms with Gasteiger partial charge in [0.1, 0.15) is 13.2 Å². The van der Waals surface area contributed by atoms with Gasteiger partial charge in [-0.25, -0.2) is 0 Å². The number of ether oxygens (including phenoxy) is 2. The molecule has 3 rings (SSSR count). The minimum Gasteiger partial charge on any atom is -0.486 e. The largest absolute Gasteiger partial charge is 0.486 e. The molecule has 2 aromatic rings. The summed E-state index contributed by atoms with van der Waals surface area (Å²) in [4.78, 5) is 1.12. The van der Waals surface area contributed by atoms with Crippen molar-refractivity contribution in [2.45, 2.75) is 6.04 Å². The maximum Gasteiger partial charge on any atom is 0.161 e. The van der Waals surface area contributed by atoms with Crippen molar-refractivity contribution >= 4 is 27.3 Å². The molecule has 0 bridgehead atoms. The fourth-order valence-electron chi connectivity index (χ4n) is 1.93. The SMILES string of the molecule is NC(c1ccc2c(c1)OCCO2)c1sccc1Br. The van der Waals surface area contributed by atoms with Crippen LogP contribution in [0.1, 0.15) is 16.5 Å². The fourth-order valence-corrected chi connectivity index (χ4v) is 3.58. The summed E-state index contributed by atoms with van der Waals surface area (Å²) >= 11 is 5.16. The summed E-state index contributed by atoms with van der Waals surface area (Å²) in [5.74, 6) is 1.57. The Kier molecular flexibility index (Phi) is 3.28. The minimum atomic E-state index is -0.143. The molecule has 0 saturated heterocycles. The molecule has 1 unspecified atom stereocenters. The van der Waals surface area contributed by atoms with Crippen LogP contribution < -0.4 is 15.2 Å². The van der Waals surface area contributed by atoms with E-state index in [4.69, 9.17) is 15.2 Å². The third-order valence-corrected chi connectivity index (χ3v) is 4.81. The zero-order chi connectivity index (χ0) is 12.5. The molecule has 0 spiro atoms. The topological polar surface area (TPSA) is 44.5 Å². The van der Waals surface area contributed by atoms with E-state index in [1.165, 1.54) is 0 Å². The zero-order valence-corrected chi connectivity index (χ0v) is 12.0. The zero-order valence-electron chi connectivity index (χ0n) is 9.56. The lowest BCUT2D eigenvalue weighted by Crippen LogP contribution is -2.17. The standard InChI is InChI=1S/C13H12BrNO2S/c14-9-3-6-18-13(9)12(15)8-1-2-10-11(7-8)17-5-4-16-10/h1-3,6-7,12H,4-5,15H2. The van der Waals surface area contributed by atoms with Gasteiger partial charge in [-0.05, 0) is 45.1 Å². The summed E-state index contributed by atoms with van der Waals surface area (Å²) in [5.41, 5.74) is 7.31. The van der Waals surface area contributed by atoms with E-state index in [0.717, 1.165) is 26.4 Å². The smallest absolute Gasteiger partial charge is 0.161 e. The molecule has 1 atom stereocenters. The monoisotopic (exact) mass is 325 g/mol. The summed E-state index contributed by atoms with van der Waals surface area (Å²) < 4.78 is 12.1. The van der Waals surface area contributed by atoms with Crippen LogP contribution in [-0.2, 0) is 0 Å². The first-order valence-corrected chi connectivity index (χ1v) is 7.31. The van der Waals surface area contributed by atoms with Crippen LogP contribution in [0.15, 0.2) is 34.1 Å². The number of thiophene rings is 1. The van der Waals surface area contributed by atoms with Crippen molar-refractivity contribution in [1.82, 2.24) is 0 Å². The van der Waals surface area contributed by atoms with Crippen molar-refractivity contribution in [2.24, 2.45) is 5.73 Å². The quantitative estimate of drug-likeness (QED) is 0.921. The number of nitrogens with two attached hydrogens (primary N) is 1. The first-order valence-electron chi connectivity index (χ1n) is 5.64. The van der Waals surface area contributed by atoms with Gasteiger partial charge >= 0.3 is 0 Å². The molecule has 0 amide bonds. The van der Waals surface area contributed by atoms with Gasteiger partial charge in [0, 0.05) is 9.35 Å². The summed E-state index contributed by atoms with van der Waals surface area (Å²) in [6, 6.07) is 7.74. The number of hydrogen-bond acceptors (Lipinski definition) is 4. The van der Waals surface area contributed by atoms with Gasteiger partial charge < -0.3 is 15.2 Å². The Bertz CT molecular complexity index is 570. The Labute approximate surface area is 118 Å². The second-order valence-electron chi connectivity index (χ2n) is 4.01. The van der Waals surface area contributed by atoms with Crippen molar-refractivity contribution in [3.63, 3.8) is 0 Å². The normalized spacial score (nSPS) is 15.4. The van der Waals surface area contributed by atoms with Crippen LogP contribution in [0.5, 0.6) is 11.5 Å². The Balaban J connectivity index is 1.95. The van der Waals surface area contributed by atoms with Gasteiger partial charge in [0.2, 0.25) is 0 Å². The molecule has 2 heterocycles. The van der Waals surface area contributed by atoms with Crippen molar-refractivity contribution in [3.05, 3.63) is 44.6 Å². The van der Waals surface area contributed by atoms with Crippen LogP contribution in [0.4, 0.5) is 0 Å². The number of rotatable bonds is 2. The average molecular weight is 326 g/mol. The van der Waals surface area contributed by atoms with Gasteiger partial charge in [0.15, 0.2) is 11.5 Å². The maximum atomic E-state index is 6.28. The molecular formula is C13H12BrNO2S. The molecule has 1 aromatic heterocycles. The number of halogens is 1. The molecule has 2 N–H and O–H groups in total. The molecule has 1 aromatic carbocycles. The minimum absolute atomic E-state index is 0.143. The third-order valence-electron chi connectivity index (χ3n) is 2.85. The van der Waals surface area contributed by atoms with E-state index < -0.39 is 0 Å². The van der Waals surface area contributed by atoms with E-state index in [1.807, 2.05) is 29.6 Å². The fraction of sp³-hybridized carbons (Fsp3) is 0.231. The molecule has 1 aliphatic heterocycles. The van der Waals surface area contributed by atoms with E-state index in [-0.39, 0.29) is 6.04 Å². The van der Waals surface area contributed by atoms with Crippen LogP contribution in [0.25, 0.3) is 0 Å². The third kappa shape index (κ3) is 2.13. The van der Waals surface area contributed by atoms with E-state index in [2.05, 4.69) is 15.9 Å². The molecule has 0 saturated carbocycles. The van der Waals surface area contributed by atoms with Crippen molar-refractivity contribution in [1.29, 1.82) is 0 Å². The van der Waals surface area contributed by atoms with Gasteiger partial charge in [-0.15, -0.1) is 11.3 Å². The van der Waals surface area contributed by atoms with Crippen molar-refractivity contribution in [3.8, 4) is 11.5 Å². The lowest BCUT2D eigenvalue weighted by Gasteiger charge is -2.20. The highest BCUT2D eigenvalue weighted by Gasteiger charge is 2.17. The van der Waals surface area contributed by atoms with Crippen molar-refractivity contribution in [2.75, 3.05) is 13.2 Å². The van der Waals surface area contributed by atoms with E-state index in [0.29, 0.717) is 13.2 Å². The van der Waals surface area contributed by atoms with Crippen LogP contribution in [0.3, 0.4) is 0 Å². The van der Waals surface area contributed by atoms with Crippen LogP contribution in [0, 0.1) is 0 Å². The summed E-state index contributed by atoms with van der Waals surface area (Å²) in [6.45, 7) is 1.20. The molecule has 5 heteroatoms. The predicted molar refractivity (Wildman–Crippen MR) is 75.5 cm³/mol. The van der Waals surface area contributed by atoms with Gasteiger partial charge in [-0.2, -0.15) is 0 Å². The van der Waals surface area contributed by atoms with Gasteiger partial charge in [0.25, 0.3) is 0 Å². The lowest BCUT2D eigenvalue weighted by molar-refractivity contribution is 0.171. The Morgan fingerprint density at radius 3 is 2.67 bits per heavy atom. The van der Waals surface area contributed by atoms with Crippen LogP contribution >= 0.6 is 27.3 Å². The molecule has 94 valence electrons. The Hall–Kier alpha value is -1.04. The molecule has 1 aliphatic rings. The van der Waals surface area contributed by atoms with Crippen molar-refractivity contribution < 1.29 is 9.47 Å². The van der Waals surface area contributed by atoms with Gasteiger partial charge in [0.05, 0.1) is 6.04 Å². The highest BCUT2D eigenvalue weighted by Crippen LogP contribution is 2.36. The highest BCUT2D eigenvalue weighted by molar-refractivity contribution is 9.10. The summed E-state index contributed by atoms with van der Waals surface area (Å²) in [5, 5.41) is 2.03. The second-order valence-corrected chi connectivity index (χ2v) is 5.82. The average Bonchev–Trinajstić information content (AvgIpc) is 2.83. The van der Waals surface area contributed by atoms with E-state index in [9.17, 15) is 0 Å². The molecule has 18 heavy (non-hydrogen) atoms. The highest BCUT2D eigenvalue weighted by atomic mass is 79.9. The summed E-state index contributed by atoms with van der Waals surface area (Å²) in [6.07, 6.45) is 0. The number of hydrogen-bond donors (Lipinski definition) is 1. The van der Waals surface area contributed by atoms with E-state index in [1.54, 1.807) is 11.3 Å². The first kappa shape index (κ1) is 12.0. The second kappa shape index (κ2) is 4.91. The molecular weight excluding hydrogens is 314 g/mol. The van der Waals surface area contributed by atoms with E-state index >= 15 is 0 Å². The summed E-state index contributed by atoms with van der Waals surface area (Å²) in [7, 11) is 0. The number of benzene rings is 1. The molecule has 0 radical (unpaired) electrons. The maximum absolute atomic E-state index is 6.28. The van der Waals surface area contributed by atoms with Crippen LogP contribution in [0.2, 0.25) is 0 Å². The predicted octanol–water partition coefficient (Wildman–Crippen LogP) is 3.33.